The normalized spacial score (nSPS) is 10.3. The van der Waals surface area contributed by atoms with E-state index >= 15 is 0 Å². The highest BCUT2D eigenvalue weighted by molar-refractivity contribution is 5.35. The molecule has 1 aromatic carbocycles. The topological polar surface area (TPSA) is 34.1 Å². The third-order valence-electron chi connectivity index (χ3n) is 2.63. The van der Waals surface area contributed by atoms with Crippen LogP contribution in [0.25, 0.3) is 0 Å². The average Bonchev–Trinajstić information content (AvgIpc) is 2.45. The number of hydrogen-bond acceptors (Lipinski definition) is 3. The van der Waals surface area contributed by atoms with Gasteiger partial charge in [-0.1, -0.05) is 13.0 Å². The van der Waals surface area contributed by atoms with E-state index in [0.29, 0.717) is 5.69 Å². The number of ether oxygens (including phenoxy) is 1. The van der Waals surface area contributed by atoms with Crippen LogP contribution in [0, 0.1) is 11.6 Å². The summed E-state index contributed by atoms with van der Waals surface area (Å²) in [6.07, 6.45) is 1.00. The molecule has 0 aliphatic heterocycles. The van der Waals surface area contributed by atoms with E-state index in [9.17, 15) is 8.78 Å². The maximum absolute atomic E-state index is 13.4. The first kappa shape index (κ1) is 14.2. The average molecular weight is 278 g/mol. The Bertz CT molecular complexity index is 576. The number of benzene rings is 1. The maximum atomic E-state index is 13.4. The number of aromatic nitrogens is 1. The van der Waals surface area contributed by atoms with E-state index in [-0.39, 0.29) is 12.4 Å². The van der Waals surface area contributed by atoms with Gasteiger partial charge in [-0.3, -0.25) is 0 Å². The molecule has 0 aliphatic rings. The lowest BCUT2D eigenvalue weighted by molar-refractivity contribution is 0.285. The predicted octanol–water partition coefficient (Wildman–Crippen LogP) is 3.76. The zero-order chi connectivity index (χ0) is 14.4. The van der Waals surface area contributed by atoms with Crippen molar-refractivity contribution in [3.63, 3.8) is 0 Å². The molecule has 0 atom stereocenters. The van der Waals surface area contributed by atoms with Gasteiger partial charge in [-0.2, -0.15) is 0 Å². The van der Waals surface area contributed by atoms with Crippen molar-refractivity contribution in [1.82, 2.24) is 4.98 Å². The summed E-state index contributed by atoms with van der Waals surface area (Å²) >= 11 is 0. The fraction of sp³-hybridized carbons (Fsp3) is 0.267. The summed E-state index contributed by atoms with van der Waals surface area (Å²) in [4.78, 5) is 4.34. The van der Waals surface area contributed by atoms with Crippen molar-refractivity contribution in [2.45, 2.75) is 20.0 Å². The van der Waals surface area contributed by atoms with Crippen LogP contribution < -0.4 is 10.1 Å². The van der Waals surface area contributed by atoms with Gasteiger partial charge in [0, 0.05) is 12.6 Å². The number of nitrogens with one attached hydrogen (secondary N) is 1. The fourth-order valence-corrected chi connectivity index (χ4v) is 1.66. The summed E-state index contributed by atoms with van der Waals surface area (Å²) in [6.45, 7) is 3.03. The van der Waals surface area contributed by atoms with Crippen LogP contribution in [0.1, 0.15) is 19.0 Å². The van der Waals surface area contributed by atoms with E-state index in [0.717, 1.165) is 30.9 Å². The Morgan fingerprint density at radius 1 is 1.20 bits per heavy atom. The van der Waals surface area contributed by atoms with Crippen molar-refractivity contribution < 1.29 is 13.5 Å². The Balaban J connectivity index is 1.99. The van der Waals surface area contributed by atoms with Crippen LogP contribution in [0.5, 0.6) is 5.75 Å². The number of hydrogen-bond donors (Lipinski definition) is 1. The van der Waals surface area contributed by atoms with Gasteiger partial charge in [0.1, 0.15) is 18.2 Å². The number of halogens is 2. The molecule has 1 heterocycles. The van der Waals surface area contributed by atoms with Crippen molar-refractivity contribution in [2.75, 3.05) is 11.9 Å². The number of nitrogens with zero attached hydrogens (tertiary/aromatic N) is 1. The highest BCUT2D eigenvalue weighted by Gasteiger charge is 2.06. The van der Waals surface area contributed by atoms with Crippen molar-refractivity contribution >= 4 is 5.82 Å². The van der Waals surface area contributed by atoms with Gasteiger partial charge in [-0.05, 0) is 30.7 Å². The molecule has 0 bridgehead atoms. The molecule has 0 radical (unpaired) electrons. The highest BCUT2D eigenvalue weighted by Crippen LogP contribution is 2.19. The summed E-state index contributed by atoms with van der Waals surface area (Å²) in [7, 11) is 0. The molecule has 0 spiro atoms. The van der Waals surface area contributed by atoms with Gasteiger partial charge in [0.05, 0.1) is 5.69 Å². The molecule has 20 heavy (non-hydrogen) atoms. The predicted molar refractivity (Wildman–Crippen MR) is 73.7 cm³/mol. The molecular weight excluding hydrogens is 262 g/mol. The van der Waals surface area contributed by atoms with Crippen LogP contribution in [0.4, 0.5) is 14.6 Å². The van der Waals surface area contributed by atoms with Crippen LogP contribution in [-0.2, 0) is 6.61 Å². The molecule has 2 aromatic rings. The lowest BCUT2D eigenvalue weighted by atomic mass is 10.3. The Morgan fingerprint density at radius 3 is 2.80 bits per heavy atom. The molecular formula is C15H16F2N2O. The molecule has 0 unspecified atom stereocenters. The number of anilines is 1. The minimum absolute atomic E-state index is 0.0140. The second-order valence-electron chi connectivity index (χ2n) is 4.30. The third kappa shape index (κ3) is 3.91. The van der Waals surface area contributed by atoms with Gasteiger partial charge in [0.25, 0.3) is 0 Å². The second-order valence-corrected chi connectivity index (χ2v) is 4.30. The second kappa shape index (κ2) is 6.84. The van der Waals surface area contributed by atoms with Gasteiger partial charge in [-0.15, -0.1) is 0 Å². The highest BCUT2D eigenvalue weighted by atomic mass is 19.1. The largest absolute Gasteiger partial charge is 0.484 e. The van der Waals surface area contributed by atoms with Crippen LogP contribution in [0.2, 0.25) is 0 Å². The molecule has 0 saturated heterocycles. The monoisotopic (exact) mass is 278 g/mol. The van der Waals surface area contributed by atoms with Gasteiger partial charge in [0.15, 0.2) is 11.6 Å². The summed E-state index contributed by atoms with van der Waals surface area (Å²) in [6, 6.07) is 8.72. The standard InChI is InChI=1S/C15H16F2N2O/c1-2-8-18-15-5-3-4-12(19-15)10-20-14-7-6-11(16)9-13(14)17/h3-7,9H,2,8,10H2,1H3,(H,18,19). The van der Waals surface area contributed by atoms with E-state index in [2.05, 4.69) is 17.2 Å². The van der Waals surface area contributed by atoms with E-state index in [1.165, 1.54) is 6.07 Å². The van der Waals surface area contributed by atoms with E-state index in [4.69, 9.17) is 4.74 Å². The molecule has 0 saturated carbocycles. The molecule has 0 fully saturated rings. The Hall–Kier alpha value is -2.17. The van der Waals surface area contributed by atoms with Crippen LogP contribution in [0.3, 0.4) is 0 Å². The summed E-state index contributed by atoms with van der Waals surface area (Å²) < 4.78 is 31.5. The Kier molecular flexibility index (Phi) is 4.87. The quantitative estimate of drug-likeness (QED) is 0.873. The molecule has 0 aliphatic carbocycles. The Morgan fingerprint density at radius 2 is 2.05 bits per heavy atom. The fourth-order valence-electron chi connectivity index (χ4n) is 1.66. The minimum Gasteiger partial charge on any atom is -0.484 e. The van der Waals surface area contributed by atoms with Crippen molar-refractivity contribution in [3.05, 3.63) is 53.7 Å². The van der Waals surface area contributed by atoms with Gasteiger partial charge >= 0.3 is 0 Å². The lowest BCUT2D eigenvalue weighted by Crippen LogP contribution is -2.05. The third-order valence-corrected chi connectivity index (χ3v) is 2.63. The molecule has 3 nitrogen and oxygen atoms in total. The number of pyridine rings is 1. The minimum atomic E-state index is -0.717. The van der Waals surface area contributed by atoms with E-state index in [1.54, 1.807) is 6.07 Å². The summed E-state index contributed by atoms with van der Waals surface area (Å²) in [5.41, 5.74) is 0.676. The molecule has 1 aromatic heterocycles. The molecule has 2 rings (SSSR count). The van der Waals surface area contributed by atoms with Gasteiger partial charge in [-0.25, -0.2) is 13.8 Å². The molecule has 5 heteroatoms. The maximum Gasteiger partial charge on any atom is 0.167 e. The zero-order valence-electron chi connectivity index (χ0n) is 11.2. The van der Waals surface area contributed by atoms with Gasteiger partial charge in [0.2, 0.25) is 0 Å². The Labute approximate surface area is 116 Å². The van der Waals surface area contributed by atoms with Crippen molar-refractivity contribution in [3.8, 4) is 5.75 Å². The molecule has 106 valence electrons. The van der Waals surface area contributed by atoms with Crippen LogP contribution in [0.15, 0.2) is 36.4 Å². The van der Waals surface area contributed by atoms with E-state index in [1.807, 2.05) is 12.1 Å². The number of rotatable bonds is 6. The van der Waals surface area contributed by atoms with Crippen molar-refractivity contribution in [1.29, 1.82) is 0 Å². The summed E-state index contributed by atoms with van der Waals surface area (Å²) in [5.74, 6) is -0.573. The SMILES string of the molecule is CCCNc1cccc(COc2ccc(F)cc2F)n1. The molecule has 0 amide bonds. The zero-order valence-corrected chi connectivity index (χ0v) is 11.2. The first-order valence-electron chi connectivity index (χ1n) is 6.46. The van der Waals surface area contributed by atoms with Crippen molar-refractivity contribution in [2.24, 2.45) is 0 Å². The first-order valence-corrected chi connectivity index (χ1v) is 6.46. The van der Waals surface area contributed by atoms with E-state index < -0.39 is 11.6 Å². The summed E-state index contributed by atoms with van der Waals surface area (Å²) in [5, 5.41) is 3.16. The molecule has 1 N–H and O–H groups in total. The smallest absolute Gasteiger partial charge is 0.167 e. The first-order chi connectivity index (χ1) is 9.69. The van der Waals surface area contributed by atoms with Gasteiger partial charge < -0.3 is 10.1 Å². The van der Waals surface area contributed by atoms with Crippen LogP contribution >= 0.6 is 0 Å². The lowest BCUT2D eigenvalue weighted by Gasteiger charge is -2.09. The van der Waals surface area contributed by atoms with Crippen LogP contribution in [-0.4, -0.2) is 11.5 Å².